The molecule has 2 nitrogen and oxygen atoms in total. The summed E-state index contributed by atoms with van der Waals surface area (Å²) >= 11 is 23.3. The van der Waals surface area contributed by atoms with Crippen LogP contribution in [0, 0.1) is 0 Å². The average Bonchev–Trinajstić information content (AvgIpc) is 2.30. The van der Waals surface area contributed by atoms with E-state index in [1.54, 1.807) is 18.2 Å². The summed E-state index contributed by atoms with van der Waals surface area (Å²) in [5.74, 6) is 0. The molecule has 92 valence electrons. The van der Waals surface area contributed by atoms with Gasteiger partial charge < -0.3 is 0 Å². The summed E-state index contributed by atoms with van der Waals surface area (Å²) in [6.45, 7) is 0. The minimum atomic E-state index is -0.571. The Bertz CT molecular complexity index is 627. The molecule has 0 unspecified atom stereocenters. The van der Waals surface area contributed by atoms with Gasteiger partial charge in [-0.15, -0.1) is 0 Å². The molecule has 1 aromatic heterocycles. The zero-order valence-corrected chi connectivity index (χ0v) is 11.8. The quantitative estimate of drug-likeness (QED) is 0.721. The summed E-state index contributed by atoms with van der Waals surface area (Å²) in [5, 5.41) is 0.624. The molecule has 0 radical (unpaired) electrons. The Labute approximate surface area is 123 Å². The van der Waals surface area contributed by atoms with Crippen LogP contribution in [0.4, 0.5) is 0 Å². The lowest BCUT2D eigenvalue weighted by atomic mass is 10.1. The highest BCUT2D eigenvalue weighted by molar-refractivity contribution is 6.67. The highest BCUT2D eigenvalue weighted by atomic mass is 35.5. The molecule has 1 heterocycles. The van der Waals surface area contributed by atoms with E-state index >= 15 is 0 Å². The van der Waals surface area contributed by atoms with Crippen LogP contribution in [0.15, 0.2) is 30.5 Å². The van der Waals surface area contributed by atoms with Crippen molar-refractivity contribution in [3.63, 3.8) is 0 Å². The summed E-state index contributed by atoms with van der Waals surface area (Å²) in [5.41, 5.74) is 1.31. The van der Waals surface area contributed by atoms with E-state index in [1.165, 1.54) is 12.3 Å². The molecule has 0 fully saturated rings. The van der Waals surface area contributed by atoms with Gasteiger partial charge in [0.25, 0.3) is 5.24 Å². The molecular formula is C12H5Cl4NO. The number of benzene rings is 1. The van der Waals surface area contributed by atoms with Crippen LogP contribution in [-0.4, -0.2) is 10.2 Å². The first-order chi connectivity index (χ1) is 8.49. The van der Waals surface area contributed by atoms with Gasteiger partial charge in [-0.2, -0.15) is 0 Å². The number of halogens is 4. The molecule has 0 aliphatic carbocycles. The van der Waals surface area contributed by atoms with Gasteiger partial charge in [-0.3, -0.25) is 9.78 Å². The van der Waals surface area contributed by atoms with Gasteiger partial charge in [-0.1, -0.05) is 34.8 Å². The molecule has 2 aromatic rings. The Hall–Kier alpha value is -0.800. The van der Waals surface area contributed by atoms with Crippen molar-refractivity contribution in [3.8, 4) is 11.3 Å². The van der Waals surface area contributed by atoms with E-state index < -0.39 is 5.24 Å². The summed E-state index contributed by atoms with van der Waals surface area (Å²) in [6, 6.07) is 6.20. The number of carbonyl (C=O) groups is 1. The molecule has 18 heavy (non-hydrogen) atoms. The number of rotatable bonds is 2. The van der Waals surface area contributed by atoms with Gasteiger partial charge in [0.05, 0.1) is 20.8 Å². The lowest BCUT2D eigenvalue weighted by molar-refractivity contribution is 0.108. The number of hydrogen-bond donors (Lipinski definition) is 0. The van der Waals surface area contributed by atoms with Crippen LogP contribution in [-0.2, 0) is 0 Å². The third-order valence-electron chi connectivity index (χ3n) is 2.26. The van der Waals surface area contributed by atoms with Crippen molar-refractivity contribution in [2.45, 2.75) is 0 Å². The highest BCUT2D eigenvalue weighted by Crippen LogP contribution is 2.33. The fourth-order valence-electron chi connectivity index (χ4n) is 1.44. The molecule has 0 spiro atoms. The maximum absolute atomic E-state index is 11.1. The monoisotopic (exact) mass is 319 g/mol. The zero-order chi connectivity index (χ0) is 13.3. The Morgan fingerprint density at radius 2 is 1.78 bits per heavy atom. The van der Waals surface area contributed by atoms with E-state index in [0.717, 1.165) is 0 Å². The normalized spacial score (nSPS) is 10.4. The van der Waals surface area contributed by atoms with Gasteiger partial charge in [0.2, 0.25) is 0 Å². The zero-order valence-electron chi connectivity index (χ0n) is 8.75. The maximum atomic E-state index is 11.1. The second-order valence-corrected chi connectivity index (χ2v) is 5.05. The lowest BCUT2D eigenvalue weighted by Gasteiger charge is -2.07. The van der Waals surface area contributed by atoms with Crippen LogP contribution < -0.4 is 0 Å². The van der Waals surface area contributed by atoms with Gasteiger partial charge >= 0.3 is 0 Å². The van der Waals surface area contributed by atoms with Crippen molar-refractivity contribution >= 4 is 51.6 Å². The van der Waals surface area contributed by atoms with Crippen LogP contribution >= 0.6 is 46.4 Å². The van der Waals surface area contributed by atoms with E-state index in [4.69, 9.17) is 46.4 Å². The van der Waals surface area contributed by atoms with Gasteiger partial charge in [0.1, 0.15) is 0 Å². The second-order valence-electron chi connectivity index (χ2n) is 3.45. The molecular weight excluding hydrogens is 316 g/mol. The summed E-state index contributed by atoms with van der Waals surface area (Å²) in [6.07, 6.45) is 1.45. The van der Waals surface area contributed by atoms with Gasteiger partial charge in [0.15, 0.2) is 0 Å². The van der Waals surface area contributed by atoms with E-state index in [9.17, 15) is 4.79 Å². The van der Waals surface area contributed by atoms with Crippen LogP contribution in [0.2, 0.25) is 15.1 Å². The summed E-state index contributed by atoms with van der Waals surface area (Å²) in [7, 11) is 0. The van der Waals surface area contributed by atoms with E-state index in [2.05, 4.69) is 4.98 Å². The van der Waals surface area contributed by atoms with Crippen molar-refractivity contribution in [1.29, 1.82) is 0 Å². The van der Waals surface area contributed by atoms with Gasteiger partial charge in [-0.05, 0) is 35.9 Å². The smallest absolute Gasteiger partial charge is 0.252 e. The Kier molecular flexibility index (Phi) is 4.13. The molecule has 0 saturated carbocycles. The minimum absolute atomic E-state index is 0.323. The summed E-state index contributed by atoms with van der Waals surface area (Å²) < 4.78 is 0. The van der Waals surface area contributed by atoms with Crippen LogP contribution in [0.25, 0.3) is 11.3 Å². The molecule has 0 N–H and O–H groups in total. The largest absolute Gasteiger partial charge is 0.276 e. The van der Waals surface area contributed by atoms with E-state index in [-0.39, 0.29) is 0 Å². The van der Waals surface area contributed by atoms with E-state index in [0.29, 0.717) is 31.9 Å². The standard InChI is InChI=1S/C12H5Cl4NO/c13-7-4-10(15)11(17-5-7)8-3-6(12(16)18)1-2-9(8)14/h1-5H. The first-order valence-corrected chi connectivity index (χ1v) is 6.31. The molecule has 6 heteroatoms. The molecule has 0 bridgehead atoms. The Morgan fingerprint density at radius 3 is 2.39 bits per heavy atom. The maximum Gasteiger partial charge on any atom is 0.252 e. The second kappa shape index (κ2) is 5.45. The number of aromatic nitrogens is 1. The first kappa shape index (κ1) is 13.6. The predicted molar refractivity (Wildman–Crippen MR) is 74.9 cm³/mol. The van der Waals surface area contributed by atoms with Crippen molar-refractivity contribution in [2.24, 2.45) is 0 Å². The van der Waals surface area contributed by atoms with Gasteiger partial charge in [-0.25, -0.2) is 0 Å². The molecule has 0 amide bonds. The average molecular weight is 321 g/mol. The molecule has 2 rings (SSSR count). The Balaban J connectivity index is 2.62. The minimum Gasteiger partial charge on any atom is -0.276 e. The van der Waals surface area contributed by atoms with Crippen molar-refractivity contribution in [1.82, 2.24) is 4.98 Å². The molecule has 0 aliphatic rings. The third-order valence-corrected chi connectivity index (χ3v) is 3.30. The first-order valence-electron chi connectivity index (χ1n) is 4.80. The van der Waals surface area contributed by atoms with Crippen LogP contribution in [0.5, 0.6) is 0 Å². The van der Waals surface area contributed by atoms with Crippen molar-refractivity contribution < 1.29 is 4.79 Å². The van der Waals surface area contributed by atoms with E-state index in [1.807, 2.05) is 0 Å². The van der Waals surface area contributed by atoms with Crippen molar-refractivity contribution in [3.05, 3.63) is 51.1 Å². The SMILES string of the molecule is O=C(Cl)c1ccc(Cl)c(-c2ncc(Cl)cc2Cl)c1. The topological polar surface area (TPSA) is 30.0 Å². The predicted octanol–water partition coefficient (Wildman–Crippen LogP) is 5.09. The number of nitrogens with zero attached hydrogens (tertiary/aromatic N) is 1. The Morgan fingerprint density at radius 1 is 1.06 bits per heavy atom. The lowest BCUT2D eigenvalue weighted by Crippen LogP contribution is -1.92. The molecule has 0 aliphatic heterocycles. The number of pyridine rings is 1. The van der Waals surface area contributed by atoms with Crippen LogP contribution in [0.3, 0.4) is 0 Å². The third kappa shape index (κ3) is 2.78. The highest BCUT2D eigenvalue weighted by Gasteiger charge is 2.12. The summed E-state index contributed by atoms with van der Waals surface area (Å²) in [4.78, 5) is 15.2. The molecule has 1 aromatic carbocycles. The molecule has 0 atom stereocenters. The van der Waals surface area contributed by atoms with Gasteiger partial charge in [0, 0.05) is 17.3 Å². The fraction of sp³-hybridized carbons (Fsp3) is 0. The number of carbonyl (C=O) groups excluding carboxylic acids is 1. The van der Waals surface area contributed by atoms with Crippen molar-refractivity contribution in [2.75, 3.05) is 0 Å². The fourth-order valence-corrected chi connectivity index (χ4v) is 2.25. The van der Waals surface area contributed by atoms with Crippen LogP contribution in [0.1, 0.15) is 10.4 Å². The number of hydrogen-bond acceptors (Lipinski definition) is 2. The molecule has 0 saturated heterocycles.